The first-order chi connectivity index (χ1) is 35.7. The fourth-order valence-corrected chi connectivity index (χ4v) is 8.00. The Morgan fingerprint density at radius 3 is 0.662 bits per heavy atom. The maximum Gasteiger partial charge on any atom is 0.333 e. The molecule has 0 bridgehead atoms. The van der Waals surface area contributed by atoms with Gasteiger partial charge in [0.2, 0.25) is 0 Å². The van der Waals surface area contributed by atoms with Crippen LogP contribution in [0.2, 0.25) is 0 Å². The number of anilines is 6. The molecule has 74 heavy (non-hydrogen) atoms. The first-order valence-corrected chi connectivity index (χ1v) is 25.1. The molecule has 10 nitrogen and oxygen atoms in total. The Kier molecular flexibility index (Phi) is 20.5. The van der Waals surface area contributed by atoms with Crippen molar-refractivity contribution in [2.75, 3.05) is 36.2 Å². The predicted molar refractivity (Wildman–Crippen MR) is 298 cm³/mol. The summed E-state index contributed by atoms with van der Waals surface area (Å²) in [6.45, 7) is 22.5. The van der Waals surface area contributed by atoms with Crippen molar-refractivity contribution >= 4 is 58.0 Å². The minimum Gasteiger partial charge on any atom is -0.462 e. The van der Waals surface area contributed by atoms with Crippen LogP contribution in [0.15, 0.2) is 194 Å². The standard InChI is InChI=1S/C64H68N2O8/c1-45(2)61(67)71-41-9-13-49-17-29-55(30-18-49)65(56-31-19-50(20-32-56)14-10-42-72-62(68)46(3)4)59-37-25-53(26-38-59)54-27-39-60(40-28-54)66(57-33-21-51(22-34-57)15-11-43-73-63(69)47(5)6)58-35-23-52(24-36-58)16-12-44-74-64(70)48(7)8/h17-40H,1,3,5,7,9-16,41-44H2,2,4,6,8H3. The first kappa shape index (κ1) is 55.1. The van der Waals surface area contributed by atoms with Crippen LogP contribution in [0, 0.1) is 0 Å². The molecule has 0 unspecified atom stereocenters. The Labute approximate surface area is 437 Å². The van der Waals surface area contributed by atoms with Crippen LogP contribution >= 0.6 is 0 Å². The van der Waals surface area contributed by atoms with E-state index < -0.39 is 0 Å². The molecule has 0 fully saturated rings. The first-order valence-electron chi connectivity index (χ1n) is 25.1. The summed E-state index contributed by atoms with van der Waals surface area (Å²) in [5, 5.41) is 0. The van der Waals surface area contributed by atoms with Gasteiger partial charge in [-0.2, -0.15) is 0 Å². The van der Waals surface area contributed by atoms with Crippen LogP contribution in [0.25, 0.3) is 11.1 Å². The molecule has 382 valence electrons. The summed E-state index contributed by atoms with van der Waals surface area (Å²) in [4.78, 5) is 51.9. The number of benzene rings is 6. The molecule has 6 rings (SSSR count). The second kappa shape index (κ2) is 27.5. The summed E-state index contributed by atoms with van der Waals surface area (Å²) in [7, 11) is 0. The average Bonchev–Trinajstić information content (AvgIpc) is 3.40. The second-order valence-electron chi connectivity index (χ2n) is 18.5. The van der Waals surface area contributed by atoms with Gasteiger partial charge >= 0.3 is 23.9 Å². The van der Waals surface area contributed by atoms with Gasteiger partial charge in [-0.3, -0.25) is 0 Å². The predicted octanol–water partition coefficient (Wildman–Crippen LogP) is 14.5. The van der Waals surface area contributed by atoms with Crippen molar-refractivity contribution in [3.05, 3.63) is 216 Å². The van der Waals surface area contributed by atoms with E-state index in [1.807, 2.05) is 0 Å². The fraction of sp³-hybridized carbons (Fsp3) is 0.250. The highest BCUT2D eigenvalue weighted by Gasteiger charge is 2.17. The molecule has 0 radical (unpaired) electrons. The fourth-order valence-electron chi connectivity index (χ4n) is 8.00. The van der Waals surface area contributed by atoms with Gasteiger partial charge in [-0.05, 0) is 185 Å². The van der Waals surface area contributed by atoms with Crippen molar-refractivity contribution in [3.63, 3.8) is 0 Å². The van der Waals surface area contributed by atoms with E-state index in [-0.39, 0.29) is 23.9 Å². The quantitative estimate of drug-likeness (QED) is 0.0214. The number of hydrogen-bond donors (Lipinski definition) is 0. The van der Waals surface area contributed by atoms with E-state index in [4.69, 9.17) is 18.9 Å². The summed E-state index contributed by atoms with van der Waals surface area (Å²) in [5.41, 5.74) is 14.2. The molecule has 0 N–H and O–H groups in total. The van der Waals surface area contributed by atoms with Gasteiger partial charge in [0.1, 0.15) is 0 Å². The summed E-state index contributed by atoms with van der Waals surface area (Å²) >= 11 is 0. The molecule has 0 heterocycles. The van der Waals surface area contributed by atoms with Crippen LogP contribution in [0.3, 0.4) is 0 Å². The number of carbonyl (C=O) groups excluding carboxylic acids is 4. The van der Waals surface area contributed by atoms with E-state index in [1.165, 1.54) is 0 Å². The Morgan fingerprint density at radius 2 is 0.486 bits per heavy atom. The van der Waals surface area contributed by atoms with Crippen molar-refractivity contribution in [1.29, 1.82) is 0 Å². The molecule has 0 aliphatic rings. The van der Waals surface area contributed by atoms with Gasteiger partial charge in [0.15, 0.2) is 0 Å². The van der Waals surface area contributed by atoms with Crippen LogP contribution in [-0.2, 0) is 63.8 Å². The van der Waals surface area contributed by atoms with Gasteiger partial charge in [-0.15, -0.1) is 0 Å². The monoisotopic (exact) mass is 992 g/mol. The van der Waals surface area contributed by atoms with Crippen molar-refractivity contribution in [3.8, 4) is 11.1 Å². The Morgan fingerprint density at radius 1 is 0.311 bits per heavy atom. The van der Waals surface area contributed by atoms with Gasteiger partial charge in [-0.1, -0.05) is 99.1 Å². The molecular weight excluding hydrogens is 925 g/mol. The zero-order valence-electron chi connectivity index (χ0n) is 43.3. The Bertz CT molecular complexity index is 2530. The minimum atomic E-state index is -0.371. The lowest BCUT2D eigenvalue weighted by Crippen LogP contribution is -2.11. The Balaban J connectivity index is 1.22. The van der Waals surface area contributed by atoms with Gasteiger partial charge in [-0.25, -0.2) is 19.2 Å². The lowest BCUT2D eigenvalue weighted by atomic mass is 10.0. The van der Waals surface area contributed by atoms with E-state index in [2.05, 4.69) is 182 Å². The molecule has 6 aromatic carbocycles. The molecule has 0 aliphatic carbocycles. The van der Waals surface area contributed by atoms with Crippen LogP contribution in [0.4, 0.5) is 34.1 Å². The summed E-state index contributed by atoms with van der Waals surface area (Å²) in [6, 6.07) is 51.0. The molecule has 6 aromatic rings. The highest BCUT2D eigenvalue weighted by molar-refractivity contribution is 5.88. The summed E-state index contributed by atoms with van der Waals surface area (Å²) in [5.74, 6) is -1.49. The molecule has 0 amide bonds. The van der Waals surface area contributed by atoms with Crippen molar-refractivity contribution < 1.29 is 38.1 Å². The maximum atomic E-state index is 11.9. The highest BCUT2D eigenvalue weighted by Crippen LogP contribution is 2.39. The second-order valence-corrected chi connectivity index (χ2v) is 18.5. The number of rotatable bonds is 27. The smallest absolute Gasteiger partial charge is 0.333 e. The molecular formula is C64H68N2O8. The van der Waals surface area contributed by atoms with E-state index in [0.29, 0.717) is 74.4 Å². The van der Waals surface area contributed by atoms with E-state index in [0.717, 1.165) is 93.2 Å². The summed E-state index contributed by atoms with van der Waals surface area (Å²) in [6.07, 6.45) is 5.87. The normalized spacial score (nSPS) is 10.7. The third-order valence-electron chi connectivity index (χ3n) is 12.1. The maximum absolute atomic E-state index is 11.9. The molecule has 0 aromatic heterocycles. The third kappa shape index (κ3) is 16.4. The topological polar surface area (TPSA) is 112 Å². The minimum absolute atomic E-state index is 0.331. The molecule has 0 saturated carbocycles. The van der Waals surface area contributed by atoms with E-state index >= 15 is 0 Å². The van der Waals surface area contributed by atoms with Gasteiger partial charge in [0.25, 0.3) is 0 Å². The van der Waals surface area contributed by atoms with Gasteiger partial charge in [0.05, 0.1) is 26.4 Å². The average molecular weight is 993 g/mol. The molecule has 0 atom stereocenters. The number of carbonyl (C=O) groups is 4. The Hall–Kier alpha value is -8.24. The highest BCUT2D eigenvalue weighted by atomic mass is 16.5. The van der Waals surface area contributed by atoms with Gasteiger partial charge in [0, 0.05) is 56.4 Å². The summed E-state index contributed by atoms with van der Waals surface area (Å²) < 4.78 is 21.2. The molecule has 10 heteroatoms. The lowest BCUT2D eigenvalue weighted by molar-refractivity contribution is -0.139. The number of esters is 4. The molecule has 0 spiro atoms. The van der Waals surface area contributed by atoms with Crippen molar-refractivity contribution in [2.45, 2.75) is 79.1 Å². The van der Waals surface area contributed by atoms with E-state index in [9.17, 15) is 19.2 Å². The third-order valence-corrected chi connectivity index (χ3v) is 12.1. The van der Waals surface area contributed by atoms with Gasteiger partial charge < -0.3 is 28.7 Å². The van der Waals surface area contributed by atoms with Crippen molar-refractivity contribution in [1.82, 2.24) is 0 Å². The zero-order valence-corrected chi connectivity index (χ0v) is 43.3. The van der Waals surface area contributed by atoms with E-state index in [1.54, 1.807) is 27.7 Å². The number of hydrogen-bond acceptors (Lipinski definition) is 10. The molecule has 0 saturated heterocycles. The zero-order chi connectivity index (χ0) is 53.0. The number of nitrogens with zero attached hydrogens (tertiary/aromatic N) is 2. The SMILES string of the molecule is C=C(C)C(=O)OCCCc1ccc(N(c2ccc(CCCOC(=O)C(=C)C)cc2)c2ccc(-c3ccc(N(c4ccc(CCCOC(=O)C(=C)C)cc4)c4ccc(CCCOC(=O)C(=C)C)cc4)cc3)cc2)cc1. The van der Waals surface area contributed by atoms with Crippen LogP contribution in [0.1, 0.15) is 75.6 Å². The van der Waals surface area contributed by atoms with Crippen molar-refractivity contribution in [2.24, 2.45) is 0 Å². The van der Waals surface area contributed by atoms with Crippen LogP contribution in [-0.4, -0.2) is 50.3 Å². The number of ether oxygens (including phenoxy) is 4. The number of aryl methyl sites for hydroxylation is 4. The lowest BCUT2D eigenvalue weighted by Gasteiger charge is -2.27. The van der Waals surface area contributed by atoms with Crippen LogP contribution < -0.4 is 9.80 Å². The molecule has 0 aliphatic heterocycles. The van der Waals surface area contributed by atoms with Crippen LogP contribution in [0.5, 0.6) is 0 Å². The largest absolute Gasteiger partial charge is 0.462 e.